The van der Waals surface area contributed by atoms with Gasteiger partial charge in [-0.1, -0.05) is 39.0 Å². The van der Waals surface area contributed by atoms with Gasteiger partial charge in [-0.15, -0.1) is 0 Å². The molecule has 0 amide bonds. The summed E-state index contributed by atoms with van der Waals surface area (Å²) in [5, 5.41) is 0. The highest BCUT2D eigenvalue weighted by atomic mass is 16.5. The van der Waals surface area contributed by atoms with Gasteiger partial charge in [0.05, 0.1) is 0 Å². The van der Waals surface area contributed by atoms with Crippen LogP contribution in [0.15, 0.2) is 0 Å². The SMILES string of the molecule is CCCCCCCCOCC(=O)COC. The van der Waals surface area contributed by atoms with Crippen molar-refractivity contribution >= 4 is 5.78 Å². The van der Waals surface area contributed by atoms with Crippen molar-refractivity contribution in [2.45, 2.75) is 45.4 Å². The van der Waals surface area contributed by atoms with E-state index in [-0.39, 0.29) is 19.0 Å². The van der Waals surface area contributed by atoms with Crippen LogP contribution in [0.4, 0.5) is 0 Å². The molecule has 0 aliphatic carbocycles. The zero-order valence-electron chi connectivity index (χ0n) is 10.1. The molecule has 15 heavy (non-hydrogen) atoms. The molecule has 0 saturated carbocycles. The molecule has 0 aliphatic heterocycles. The second kappa shape index (κ2) is 11.7. The fourth-order valence-corrected chi connectivity index (χ4v) is 1.37. The molecule has 0 aromatic heterocycles. The summed E-state index contributed by atoms with van der Waals surface area (Å²) in [5.41, 5.74) is 0. The van der Waals surface area contributed by atoms with Gasteiger partial charge >= 0.3 is 0 Å². The van der Waals surface area contributed by atoms with E-state index in [0.29, 0.717) is 6.61 Å². The summed E-state index contributed by atoms with van der Waals surface area (Å²) < 4.78 is 9.92. The van der Waals surface area contributed by atoms with Crippen LogP contribution in [0.5, 0.6) is 0 Å². The molecule has 0 aliphatic rings. The summed E-state index contributed by atoms with van der Waals surface area (Å²) in [5.74, 6) is 0.0171. The van der Waals surface area contributed by atoms with Crippen LogP contribution in [0.1, 0.15) is 45.4 Å². The minimum atomic E-state index is 0.0171. The normalized spacial score (nSPS) is 10.5. The standard InChI is InChI=1S/C12H24O3/c1-3-4-5-6-7-8-9-15-11-12(13)10-14-2/h3-11H2,1-2H3. The number of carbonyl (C=O) groups excluding carboxylic acids is 1. The van der Waals surface area contributed by atoms with Crippen LogP contribution in [0.25, 0.3) is 0 Å². The van der Waals surface area contributed by atoms with Gasteiger partial charge in [-0.05, 0) is 6.42 Å². The number of unbranched alkanes of at least 4 members (excludes halogenated alkanes) is 5. The van der Waals surface area contributed by atoms with E-state index in [1.165, 1.54) is 39.2 Å². The molecular weight excluding hydrogens is 192 g/mol. The Morgan fingerprint density at radius 3 is 2.33 bits per heavy atom. The first-order chi connectivity index (χ1) is 7.31. The van der Waals surface area contributed by atoms with Gasteiger partial charge in [0, 0.05) is 13.7 Å². The molecule has 0 unspecified atom stereocenters. The van der Waals surface area contributed by atoms with Crippen molar-refractivity contribution in [3.8, 4) is 0 Å². The lowest BCUT2D eigenvalue weighted by molar-refractivity contribution is -0.127. The van der Waals surface area contributed by atoms with Gasteiger partial charge in [-0.3, -0.25) is 4.79 Å². The zero-order valence-corrected chi connectivity index (χ0v) is 10.1. The van der Waals surface area contributed by atoms with Crippen molar-refractivity contribution < 1.29 is 14.3 Å². The predicted octanol–water partition coefficient (Wildman–Crippen LogP) is 2.58. The van der Waals surface area contributed by atoms with E-state index in [9.17, 15) is 4.79 Å². The van der Waals surface area contributed by atoms with Crippen molar-refractivity contribution in [2.75, 3.05) is 26.9 Å². The van der Waals surface area contributed by atoms with Crippen LogP contribution in [-0.4, -0.2) is 32.7 Å². The summed E-state index contributed by atoms with van der Waals surface area (Å²) in [6, 6.07) is 0. The lowest BCUT2D eigenvalue weighted by atomic mass is 10.1. The highest BCUT2D eigenvalue weighted by Crippen LogP contribution is 2.04. The van der Waals surface area contributed by atoms with Gasteiger partial charge < -0.3 is 9.47 Å². The molecule has 0 atom stereocenters. The summed E-state index contributed by atoms with van der Waals surface area (Å²) >= 11 is 0. The number of hydrogen-bond donors (Lipinski definition) is 0. The molecule has 0 spiro atoms. The summed E-state index contributed by atoms with van der Waals surface area (Å²) in [6.45, 7) is 3.27. The van der Waals surface area contributed by atoms with Crippen molar-refractivity contribution in [3.05, 3.63) is 0 Å². The van der Waals surface area contributed by atoms with Crippen molar-refractivity contribution in [1.29, 1.82) is 0 Å². The third-order valence-corrected chi connectivity index (χ3v) is 2.21. The number of ether oxygens (including phenoxy) is 2. The maximum absolute atomic E-state index is 11.0. The fraction of sp³-hybridized carbons (Fsp3) is 0.917. The van der Waals surface area contributed by atoms with Crippen LogP contribution >= 0.6 is 0 Å². The molecule has 0 radical (unpaired) electrons. The largest absolute Gasteiger partial charge is 0.377 e. The predicted molar refractivity (Wildman–Crippen MR) is 61.1 cm³/mol. The molecule has 0 fully saturated rings. The fourth-order valence-electron chi connectivity index (χ4n) is 1.37. The molecule has 90 valence electrons. The van der Waals surface area contributed by atoms with Crippen molar-refractivity contribution in [1.82, 2.24) is 0 Å². The maximum Gasteiger partial charge on any atom is 0.183 e. The highest BCUT2D eigenvalue weighted by molar-refractivity contribution is 5.80. The Bertz CT molecular complexity index is 146. The molecule has 0 bridgehead atoms. The first-order valence-electron chi connectivity index (χ1n) is 5.89. The second-order valence-corrected chi connectivity index (χ2v) is 3.79. The van der Waals surface area contributed by atoms with E-state index in [2.05, 4.69) is 6.92 Å². The number of methoxy groups -OCH3 is 1. The number of hydrogen-bond acceptors (Lipinski definition) is 3. The number of carbonyl (C=O) groups is 1. The van der Waals surface area contributed by atoms with Crippen LogP contribution in [0.2, 0.25) is 0 Å². The molecular formula is C12H24O3. The monoisotopic (exact) mass is 216 g/mol. The topological polar surface area (TPSA) is 35.5 Å². The lowest BCUT2D eigenvalue weighted by Gasteiger charge is -2.03. The first-order valence-corrected chi connectivity index (χ1v) is 5.89. The van der Waals surface area contributed by atoms with E-state index in [4.69, 9.17) is 9.47 Å². The third-order valence-electron chi connectivity index (χ3n) is 2.21. The van der Waals surface area contributed by atoms with E-state index < -0.39 is 0 Å². The summed E-state index contributed by atoms with van der Waals surface area (Å²) in [6.07, 6.45) is 7.47. The van der Waals surface area contributed by atoms with Crippen molar-refractivity contribution in [3.63, 3.8) is 0 Å². The molecule has 0 aromatic rings. The van der Waals surface area contributed by atoms with Gasteiger partial charge in [0.1, 0.15) is 13.2 Å². The molecule has 0 N–H and O–H groups in total. The van der Waals surface area contributed by atoms with Gasteiger partial charge in [0.25, 0.3) is 0 Å². The quantitative estimate of drug-likeness (QED) is 0.498. The molecule has 0 heterocycles. The number of Topliss-reactive ketones (excluding diaryl/α,β-unsaturated/α-hetero) is 1. The second-order valence-electron chi connectivity index (χ2n) is 3.79. The molecule has 3 heteroatoms. The first kappa shape index (κ1) is 14.6. The molecule has 0 aromatic carbocycles. The smallest absolute Gasteiger partial charge is 0.183 e. The highest BCUT2D eigenvalue weighted by Gasteiger charge is 1.99. The van der Waals surface area contributed by atoms with E-state index in [1.54, 1.807) is 0 Å². The lowest BCUT2D eigenvalue weighted by Crippen LogP contribution is -2.14. The van der Waals surface area contributed by atoms with Crippen LogP contribution < -0.4 is 0 Å². The number of rotatable bonds is 11. The van der Waals surface area contributed by atoms with Crippen molar-refractivity contribution in [2.24, 2.45) is 0 Å². The molecule has 0 rings (SSSR count). The van der Waals surface area contributed by atoms with Gasteiger partial charge in [0.15, 0.2) is 5.78 Å². The Morgan fingerprint density at radius 1 is 1.00 bits per heavy atom. The zero-order chi connectivity index (χ0) is 11.4. The Morgan fingerprint density at radius 2 is 1.67 bits per heavy atom. The summed E-state index contributed by atoms with van der Waals surface area (Å²) in [7, 11) is 1.52. The average molecular weight is 216 g/mol. The Balaban J connectivity index is 3.01. The van der Waals surface area contributed by atoms with Gasteiger partial charge in [0.2, 0.25) is 0 Å². The minimum absolute atomic E-state index is 0.0171. The maximum atomic E-state index is 11.0. The Kier molecular flexibility index (Phi) is 11.3. The summed E-state index contributed by atoms with van der Waals surface area (Å²) in [4.78, 5) is 11.0. The third kappa shape index (κ3) is 11.5. The average Bonchev–Trinajstić information content (AvgIpc) is 2.22. The van der Waals surface area contributed by atoms with Crippen LogP contribution in [-0.2, 0) is 14.3 Å². The Hall–Kier alpha value is -0.410. The molecule has 3 nitrogen and oxygen atoms in total. The van der Waals surface area contributed by atoms with E-state index in [1.807, 2.05) is 0 Å². The van der Waals surface area contributed by atoms with Crippen LogP contribution in [0, 0.1) is 0 Å². The minimum Gasteiger partial charge on any atom is -0.377 e. The van der Waals surface area contributed by atoms with Gasteiger partial charge in [-0.2, -0.15) is 0 Å². The Labute approximate surface area is 93.1 Å². The molecule has 0 saturated heterocycles. The van der Waals surface area contributed by atoms with E-state index in [0.717, 1.165) is 6.42 Å². The van der Waals surface area contributed by atoms with Crippen LogP contribution in [0.3, 0.4) is 0 Å². The van der Waals surface area contributed by atoms with Gasteiger partial charge in [-0.25, -0.2) is 0 Å². The van der Waals surface area contributed by atoms with E-state index >= 15 is 0 Å². The number of ketones is 1.